The minimum Gasteiger partial charge on any atom is -0.481 e. The van der Waals surface area contributed by atoms with Crippen molar-refractivity contribution >= 4 is 5.97 Å². The average Bonchev–Trinajstić information content (AvgIpc) is 2.77. The fourth-order valence-electron chi connectivity index (χ4n) is 2.41. The Morgan fingerprint density at radius 1 is 1.43 bits per heavy atom. The molecule has 80 valence electrons. The molecule has 2 aliphatic rings. The number of aliphatic carboxylic acids is 1. The van der Waals surface area contributed by atoms with Crippen LogP contribution in [0.2, 0.25) is 0 Å². The van der Waals surface area contributed by atoms with Crippen LogP contribution in [0, 0.1) is 11.8 Å². The maximum atomic E-state index is 10.8. The van der Waals surface area contributed by atoms with Crippen LogP contribution in [0.15, 0.2) is 0 Å². The summed E-state index contributed by atoms with van der Waals surface area (Å²) in [6.45, 7) is 2.21. The van der Waals surface area contributed by atoms with Gasteiger partial charge in [-0.15, -0.1) is 0 Å². The van der Waals surface area contributed by atoms with Crippen molar-refractivity contribution in [2.45, 2.75) is 51.1 Å². The van der Waals surface area contributed by atoms with Crippen LogP contribution in [-0.4, -0.2) is 23.2 Å². The quantitative estimate of drug-likeness (QED) is 0.704. The first-order valence-corrected chi connectivity index (χ1v) is 5.71. The van der Waals surface area contributed by atoms with Crippen LogP contribution < -0.4 is 5.32 Å². The van der Waals surface area contributed by atoms with Gasteiger partial charge in [0.15, 0.2) is 0 Å². The molecule has 3 nitrogen and oxygen atoms in total. The summed E-state index contributed by atoms with van der Waals surface area (Å²) in [4.78, 5) is 10.8. The molecule has 4 atom stereocenters. The van der Waals surface area contributed by atoms with E-state index in [-0.39, 0.29) is 12.0 Å². The highest BCUT2D eigenvalue weighted by atomic mass is 16.4. The second-order valence-corrected chi connectivity index (χ2v) is 4.69. The molecule has 0 radical (unpaired) electrons. The van der Waals surface area contributed by atoms with Crippen LogP contribution in [0.1, 0.15) is 39.0 Å². The molecule has 2 rings (SSSR count). The van der Waals surface area contributed by atoms with Crippen molar-refractivity contribution < 1.29 is 9.90 Å². The molecule has 2 fully saturated rings. The lowest BCUT2D eigenvalue weighted by Crippen LogP contribution is -2.48. The smallest absolute Gasteiger partial charge is 0.308 e. The van der Waals surface area contributed by atoms with Gasteiger partial charge in [0.25, 0.3) is 0 Å². The van der Waals surface area contributed by atoms with E-state index >= 15 is 0 Å². The van der Waals surface area contributed by atoms with E-state index in [4.69, 9.17) is 5.11 Å². The lowest BCUT2D eigenvalue weighted by atomic mass is 9.79. The molecule has 0 amide bonds. The van der Waals surface area contributed by atoms with Crippen molar-refractivity contribution in [1.29, 1.82) is 0 Å². The Morgan fingerprint density at radius 3 is 2.71 bits per heavy atom. The van der Waals surface area contributed by atoms with E-state index in [1.165, 1.54) is 19.3 Å². The number of hydrogen-bond donors (Lipinski definition) is 2. The Bertz CT molecular complexity index is 229. The molecule has 0 spiro atoms. The first-order valence-electron chi connectivity index (χ1n) is 5.71. The fraction of sp³-hybridized carbons (Fsp3) is 0.909. The maximum Gasteiger partial charge on any atom is 0.308 e. The zero-order valence-corrected chi connectivity index (χ0v) is 8.70. The largest absolute Gasteiger partial charge is 0.481 e. The second-order valence-electron chi connectivity index (χ2n) is 4.69. The molecule has 2 aliphatic carbocycles. The van der Waals surface area contributed by atoms with Gasteiger partial charge in [0.2, 0.25) is 0 Å². The summed E-state index contributed by atoms with van der Waals surface area (Å²) in [6.07, 6.45) is 5.71. The number of carbonyl (C=O) groups is 1. The molecule has 4 unspecified atom stereocenters. The molecule has 0 aliphatic heterocycles. The third-order valence-corrected chi connectivity index (χ3v) is 3.60. The highest BCUT2D eigenvalue weighted by Crippen LogP contribution is 2.38. The Morgan fingerprint density at radius 2 is 2.21 bits per heavy atom. The minimum absolute atomic E-state index is 0.113. The Hall–Kier alpha value is -0.570. The van der Waals surface area contributed by atoms with Gasteiger partial charge in [-0.25, -0.2) is 0 Å². The molecule has 0 aromatic rings. The summed E-state index contributed by atoms with van der Waals surface area (Å²) in [7, 11) is 0. The van der Waals surface area contributed by atoms with E-state index in [9.17, 15) is 4.79 Å². The molecular weight excluding hydrogens is 178 g/mol. The number of hydrogen-bond acceptors (Lipinski definition) is 2. The SMILES string of the molecule is CCCC1CC1NC1CCC1C(=O)O. The lowest BCUT2D eigenvalue weighted by molar-refractivity contribution is -0.146. The summed E-state index contributed by atoms with van der Waals surface area (Å²) < 4.78 is 0. The normalized spacial score (nSPS) is 40.4. The minimum atomic E-state index is -0.624. The van der Waals surface area contributed by atoms with Crippen LogP contribution in [0.4, 0.5) is 0 Å². The summed E-state index contributed by atoms with van der Waals surface area (Å²) >= 11 is 0. The van der Waals surface area contributed by atoms with Crippen molar-refractivity contribution in [3.63, 3.8) is 0 Å². The third kappa shape index (κ3) is 1.92. The highest BCUT2D eigenvalue weighted by molar-refractivity contribution is 5.72. The van der Waals surface area contributed by atoms with Gasteiger partial charge in [0.1, 0.15) is 0 Å². The van der Waals surface area contributed by atoms with Gasteiger partial charge in [0, 0.05) is 12.1 Å². The highest BCUT2D eigenvalue weighted by Gasteiger charge is 2.43. The van der Waals surface area contributed by atoms with Crippen molar-refractivity contribution in [3.05, 3.63) is 0 Å². The van der Waals surface area contributed by atoms with Gasteiger partial charge in [-0.2, -0.15) is 0 Å². The Labute approximate surface area is 84.9 Å². The van der Waals surface area contributed by atoms with Crippen molar-refractivity contribution in [1.82, 2.24) is 5.32 Å². The molecule has 0 aromatic heterocycles. The van der Waals surface area contributed by atoms with E-state index in [0.29, 0.717) is 6.04 Å². The molecule has 14 heavy (non-hydrogen) atoms. The van der Waals surface area contributed by atoms with Gasteiger partial charge in [0.05, 0.1) is 5.92 Å². The second kappa shape index (κ2) is 3.89. The molecule has 0 heterocycles. The molecular formula is C11H19NO2. The molecule has 2 N–H and O–H groups in total. The number of carboxylic acids is 1. The first kappa shape index (κ1) is 9.97. The molecule has 0 aromatic carbocycles. The zero-order valence-electron chi connectivity index (χ0n) is 8.70. The van der Waals surface area contributed by atoms with Crippen LogP contribution in [0.3, 0.4) is 0 Å². The maximum absolute atomic E-state index is 10.8. The predicted molar refractivity (Wildman–Crippen MR) is 54.1 cm³/mol. The predicted octanol–water partition coefficient (Wildman–Crippen LogP) is 1.63. The van der Waals surface area contributed by atoms with Crippen molar-refractivity contribution in [2.75, 3.05) is 0 Å². The molecule has 0 bridgehead atoms. The number of carboxylic acid groups (broad SMARTS) is 1. The molecule has 3 heteroatoms. The first-order chi connectivity index (χ1) is 6.72. The van der Waals surface area contributed by atoms with E-state index in [0.717, 1.165) is 18.8 Å². The molecule has 0 saturated heterocycles. The van der Waals surface area contributed by atoms with Crippen LogP contribution in [0.5, 0.6) is 0 Å². The zero-order chi connectivity index (χ0) is 10.1. The topological polar surface area (TPSA) is 49.3 Å². The summed E-state index contributed by atoms with van der Waals surface area (Å²) in [5, 5.41) is 12.3. The summed E-state index contributed by atoms with van der Waals surface area (Å²) in [5.74, 6) is 0.0920. The number of rotatable bonds is 5. The summed E-state index contributed by atoms with van der Waals surface area (Å²) in [5.41, 5.74) is 0. The van der Waals surface area contributed by atoms with E-state index in [1.54, 1.807) is 0 Å². The monoisotopic (exact) mass is 197 g/mol. The Balaban J connectivity index is 1.70. The Kier molecular flexibility index (Phi) is 2.77. The standard InChI is InChI=1S/C11H19NO2/c1-2-3-7-6-10(7)12-9-5-4-8(9)11(13)14/h7-10,12H,2-6H2,1H3,(H,13,14). The van der Waals surface area contributed by atoms with Gasteiger partial charge in [-0.3, -0.25) is 4.79 Å². The fourth-order valence-corrected chi connectivity index (χ4v) is 2.41. The van der Waals surface area contributed by atoms with Gasteiger partial charge >= 0.3 is 5.97 Å². The van der Waals surface area contributed by atoms with E-state index < -0.39 is 5.97 Å². The van der Waals surface area contributed by atoms with Gasteiger partial charge in [-0.1, -0.05) is 13.3 Å². The van der Waals surface area contributed by atoms with Crippen LogP contribution in [0.25, 0.3) is 0 Å². The van der Waals surface area contributed by atoms with Crippen molar-refractivity contribution in [3.8, 4) is 0 Å². The van der Waals surface area contributed by atoms with E-state index in [2.05, 4.69) is 12.2 Å². The van der Waals surface area contributed by atoms with Gasteiger partial charge < -0.3 is 10.4 Å². The van der Waals surface area contributed by atoms with E-state index in [1.807, 2.05) is 0 Å². The van der Waals surface area contributed by atoms with Crippen molar-refractivity contribution in [2.24, 2.45) is 11.8 Å². The van der Waals surface area contributed by atoms with Crippen LogP contribution in [-0.2, 0) is 4.79 Å². The van der Waals surface area contributed by atoms with Gasteiger partial charge in [-0.05, 0) is 31.6 Å². The number of nitrogens with one attached hydrogen (secondary N) is 1. The summed E-state index contributed by atoms with van der Waals surface area (Å²) in [6, 6.07) is 0.890. The molecule has 2 saturated carbocycles. The van der Waals surface area contributed by atoms with Crippen LogP contribution >= 0.6 is 0 Å². The lowest BCUT2D eigenvalue weighted by Gasteiger charge is -2.34. The average molecular weight is 197 g/mol. The third-order valence-electron chi connectivity index (χ3n) is 3.60.